The van der Waals surface area contributed by atoms with Gasteiger partial charge in [-0.15, -0.1) is 0 Å². The minimum Gasteiger partial charge on any atom is -0.355 e. The Morgan fingerprint density at radius 1 is 1.29 bits per heavy atom. The van der Waals surface area contributed by atoms with Gasteiger partial charge in [-0.25, -0.2) is 0 Å². The lowest BCUT2D eigenvalue weighted by molar-refractivity contribution is -0.384. The van der Waals surface area contributed by atoms with Crippen LogP contribution < -0.4 is 0 Å². The fourth-order valence-electron chi connectivity index (χ4n) is 1.17. The summed E-state index contributed by atoms with van der Waals surface area (Å²) >= 11 is 0. The first-order chi connectivity index (χ1) is 8.08. The highest BCUT2D eigenvalue weighted by atomic mass is 32.2. The lowest BCUT2D eigenvalue weighted by Gasteiger charge is -2.12. The molecule has 0 saturated heterocycles. The van der Waals surface area contributed by atoms with Crippen LogP contribution in [0.15, 0.2) is 29.2 Å². The molecule has 6 nitrogen and oxygen atoms in total. The normalized spacial score (nSPS) is 12.6. The number of rotatable bonds is 6. The number of hydrogen-bond donors (Lipinski definition) is 0. The van der Waals surface area contributed by atoms with Gasteiger partial charge < -0.3 is 9.47 Å². The number of hydrogen-bond acceptors (Lipinski definition) is 5. The van der Waals surface area contributed by atoms with E-state index in [2.05, 4.69) is 0 Å². The van der Waals surface area contributed by atoms with Gasteiger partial charge in [0.05, 0.1) is 21.5 Å². The molecule has 1 aromatic carbocycles. The fraction of sp³-hybridized carbons (Fsp3) is 0.400. The topological polar surface area (TPSA) is 78.7 Å². The van der Waals surface area contributed by atoms with Gasteiger partial charge in [0.15, 0.2) is 6.29 Å². The van der Waals surface area contributed by atoms with Crippen LogP contribution in [0.1, 0.15) is 0 Å². The Balaban J connectivity index is 2.73. The van der Waals surface area contributed by atoms with Gasteiger partial charge >= 0.3 is 0 Å². The smallest absolute Gasteiger partial charge is 0.269 e. The monoisotopic (exact) mass is 259 g/mol. The summed E-state index contributed by atoms with van der Waals surface area (Å²) in [5.41, 5.74) is -0.0271. The molecule has 17 heavy (non-hydrogen) atoms. The second-order valence-electron chi connectivity index (χ2n) is 3.16. The molecule has 1 unspecified atom stereocenters. The SMILES string of the molecule is COC(CS(=O)c1ccc([N+](=O)[O-])cc1)OC. The summed E-state index contributed by atoms with van der Waals surface area (Å²) in [6.07, 6.45) is -0.550. The average Bonchev–Trinajstić information content (AvgIpc) is 2.35. The first kappa shape index (κ1) is 13.8. The lowest BCUT2D eigenvalue weighted by atomic mass is 10.3. The molecule has 0 aromatic heterocycles. The molecule has 7 heteroatoms. The summed E-state index contributed by atoms with van der Waals surface area (Å²) in [5, 5.41) is 10.4. The molecule has 1 atom stereocenters. The zero-order valence-corrected chi connectivity index (χ0v) is 10.3. The number of methoxy groups -OCH3 is 2. The zero-order valence-electron chi connectivity index (χ0n) is 9.49. The average molecular weight is 259 g/mol. The van der Waals surface area contributed by atoms with E-state index in [0.29, 0.717) is 4.90 Å². The summed E-state index contributed by atoms with van der Waals surface area (Å²) in [6, 6.07) is 5.58. The maximum atomic E-state index is 11.8. The van der Waals surface area contributed by atoms with E-state index >= 15 is 0 Å². The third kappa shape index (κ3) is 3.88. The molecule has 0 bridgehead atoms. The highest BCUT2D eigenvalue weighted by Crippen LogP contribution is 2.15. The highest BCUT2D eigenvalue weighted by molar-refractivity contribution is 7.85. The predicted molar refractivity (Wildman–Crippen MR) is 62.2 cm³/mol. The van der Waals surface area contributed by atoms with Gasteiger partial charge in [-0.1, -0.05) is 0 Å². The molecule has 0 aliphatic heterocycles. The molecule has 1 aromatic rings. The number of non-ortho nitro benzene ring substituents is 1. The van der Waals surface area contributed by atoms with Crippen LogP contribution in [0.4, 0.5) is 5.69 Å². The van der Waals surface area contributed by atoms with E-state index in [0.717, 1.165) is 0 Å². The Morgan fingerprint density at radius 2 is 1.82 bits per heavy atom. The minimum absolute atomic E-state index is 0.0271. The molecule has 94 valence electrons. The van der Waals surface area contributed by atoms with Crippen LogP contribution in [0.25, 0.3) is 0 Å². The molecule has 0 saturated carbocycles. The summed E-state index contributed by atoms with van der Waals surface area (Å²) in [4.78, 5) is 10.5. The van der Waals surface area contributed by atoms with E-state index < -0.39 is 22.0 Å². The summed E-state index contributed by atoms with van der Waals surface area (Å²) in [7, 11) is 1.61. The molecule has 0 heterocycles. The molecular weight excluding hydrogens is 246 g/mol. The molecule has 0 N–H and O–H groups in total. The Kier molecular flexibility index (Phi) is 5.20. The second kappa shape index (κ2) is 6.43. The summed E-state index contributed by atoms with van der Waals surface area (Å²) < 4.78 is 21.7. The van der Waals surface area contributed by atoms with Gasteiger partial charge in [0.2, 0.25) is 0 Å². The molecule has 0 aliphatic rings. The lowest BCUT2D eigenvalue weighted by Crippen LogP contribution is -2.21. The molecule has 0 aliphatic carbocycles. The van der Waals surface area contributed by atoms with Crippen molar-refractivity contribution in [1.82, 2.24) is 0 Å². The third-order valence-electron chi connectivity index (χ3n) is 2.12. The predicted octanol–water partition coefficient (Wildman–Crippen LogP) is 1.32. The molecule has 0 radical (unpaired) electrons. The van der Waals surface area contributed by atoms with E-state index in [1.807, 2.05) is 0 Å². The van der Waals surface area contributed by atoms with Crippen molar-refractivity contribution in [3.8, 4) is 0 Å². The minimum atomic E-state index is -1.31. The van der Waals surface area contributed by atoms with Gasteiger partial charge in [0.25, 0.3) is 5.69 Å². The van der Waals surface area contributed by atoms with Crippen molar-refractivity contribution in [3.63, 3.8) is 0 Å². The van der Waals surface area contributed by atoms with E-state index in [-0.39, 0.29) is 11.4 Å². The Bertz CT molecular complexity index is 402. The number of nitro groups is 1. The summed E-state index contributed by atoms with van der Waals surface area (Å²) in [5.74, 6) is 0.185. The number of ether oxygens (including phenoxy) is 2. The first-order valence-electron chi connectivity index (χ1n) is 4.77. The van der Waals surface area contributed by atoms with Crippen LogP contribution in [0.2, 0.25) is 0 Å². The summed E-state index contributed by atoms with van der Waals surface area (Å²) in [6.45, 7) is 0. The highest BCUT2D eigenvalue weighted by Gasteiger charge is 2.13. The first-order valence-corrected chi connectivity index (χ1v) is 6.08. The van der Waals surface area contributed by atoms with Crippen LogP contribution in [0.5, 0.6) is 0 Å². The van der Waals surface area contributed by atoms with Crippen molar-refractivity contribution in [1.29, 1.82) is 0 Å². The van der Waals surface area contributed by atoms with Gasteiger partial charge in [0, 0.05) is 31.2 Å². The van der Waals surface area contributed by atoms with Gasteiger partial charge in [-0.3, -0.25) is 14.3 Å². The van der Waals surface area contributed by atoms with Crippen molar-refractivity contribution in [3.05, 3.63) is 34.4 Å². The standard InChI is InChI=1S/C10H13NO5S/c1-15-10(16-2)7-17(14)9-5-3-8(4-6-9)11(12)13/h3-6,10H,7H2,1-2H3. The van der Waals surface area contributed by atoms with Crippen LogP contribution in [-0.2, 0) is 20.3 Å². The molecule has 0 fully saturated rings. The van der Waals surface area contributed by atoms with Crippen LogP contribution in [-0.4, -0.2) is 35.4 Å². The van der Waals surface area contributed by atoms with Crippen molar-refractivity contribution in [2.45, 2.75) is 11.2 Å². The van der Waals surface area contributed by atoms with E-state index in [9.17, 15) is 14.3 Å². The third-order valence-corrected chi connectivity index (χ3v) is 3.50. The Morgan fingerprint density at radius 3 is 2.24 bits per heavy atom. The quantitative estimate of drug-likeness (QED) is 0.437. The van der Waals surface area contributed by atoms with Crippen molar-refractivity contribution < 1.29 is 18.6 Å². The van der Waals surface area contributed by atoms with Crippen molar-refractivity contribution >= 4 is 16.5 Å². The largest absolute Gasteiger partial charge is 0.355 e. The molecule has 1 rings (SSSR count). The van der Waals surface area contributed by atoms with Gasteiger partial charge in [-0.05, 0) is 12.1 Å². The van der Waals surface area contributed by atoms with Gasteiger partial charge in [-0.2, -0.15) is 0 Å². The van der Waals surface area contributed by atoms with Gasteiger partial charge in [0.1, 0.15) is 0 Å². The van der Waals surface area contributed by atoms with Crippen LogP contribution >= 0.6 is 0 Å². The molecular formula is C10H13NO5S. The maximum Gasteiger partial charge on any atom is 0.269 e. The van der Waals surface area contributed by atoms with Crippen molar-refractivity contribution in [2.75, 3.05) is 20.0 Å². The fourth-order valence-corrected chi connectivity index (χ4v) is 2.32. The molecule has 0 spiro atoms. The van der Waals surface area contributed by atoms with Crippen molar-refractivity contribution in [2.24, 2.45) is 0 Å². The molecule has 0 amide bonds. The maximum absolute atomic E-state index is 11.8. The Hall–Kier alpha value is -1.31. The van der Waals surface area contributed by atoms with Crippen LogP contribution in [0, 0.1) is 10.1 Å². The zero-order chi connectivity index (χ0) is 12.8. The van der Waals surface area contributed by atoms with E-state index in [4.69, 9.17) is 9.47 Å². The van der Waals surface area contributed by atoms with Crippen LogP contribution in [0.3, 0.4) is 0 Å². The number of nitro benzene ring substituents is 1. The second-order valence-corrected chi connectivity index (χ2v) is 4.66. The van der Waals surface area contributed by atoms with E-state index in [1.54, 1.807) is 0 Å². The van der Waals surface area contributed by atoms with E-state index in [1.165, 1.54) is 38.5 Å². The number of nitrogens with zero attached hydrogens (tertiary/aromatic N) is 1. The number of benzene rings is 1. The Labute approximate surface area is 101 Å².